The SMILES string of the molecule is C=Cc1nc(OC[C@@H]2CCCN2C)ccc1C. The quantitative estimate of drug-likeness (QED) is 0.797. The van der Waals surface area contributed by atoms with Gasteiger partial charge in [0, 0.05) is 12.1 Å². The first kappa shape index (κ1) is 12.1. The minimum absolute atomic E-state index is 0.533. The summed E-state index contributed by atoms with van der Waals surface area (Å²) in [6, 6.07) is 4.49. The van der Waals surface area contributed by atoms with Crippen LogP contribution >= 0.6 is 0 Å². The van der Waals surface area contributed by atoms with Crippen molar-refractivity contribution in [2.24, 2.45) is 0 Å². The average Bonchev–Trinajstić information content (AvgIpc) is 2.74. The van der Waals surface area contributed by atoms with Crippen molar-refractivity contribution in [3.63, 3.8) is 0 Å². The molecule has 0 aliphatic carbocycles. The maximum Gasteiger partial charge on any atom is 0.213 e. The zero-order valence-corrected chi connectivity index (χ0v) is 10.6. The number of likely N-dealkylation sites (tertiary alicyclic amines) is 1. The van der Waals surface area contributed by atoms with Gasteiger partial charge in [-0.05, 0) is 45.0 Å². The van der Waals surface area contributed by atoms with Gasteiger partial charge in [0.25, 0.3) is 0 Å². The Kier molecular flexibility index (Phi) is 3.79. The number of aromatic nitrogens is 1. The van der Waals surface area contributed by atoms with Gasteiger partial charge in [-0.25, -0.2) is 4.98 Å². The molecule has 1 aliphatic rings. The number of aryl methyl sites for hydroxylation is 1. The lowest BCUT2D eigenvalue weighted by molar-refractivity contribution is 0.193. The number of hydrogen-bond acceptors (Lipinski definition) is 3. The van der Waals surface area contributed by atoms with Gasteiger partial charge < -0.3 is 9.64 Å². The van der Waals surface area contributed by atoms with Crippen molar-refractivity contribution in [2.75, 3.05) is 20.2 Å². The monoisotopic (exact) mass is 232 g/mol. The third kappa shape index (κ3) is 2.86. The van der Waals surface area contributed by atoms with Crippen molar-refractivity contribution in [1.29, 1.82) is 0 Å². The summed E-state index contributed by atoms with van der Waals surface area (Å²) in [6.07, 6.45) is 4.25. The normalized spacial score (nSPS) is 20.5. The highest BCUT2D eigenvalue weighted by Gasteiger charge is 2.21. The van der Waals surface area contributed by atoms with Crippen LogP contribution in [0.2, 0.25) is 0 Å². The van der Waals surface area contributed by atoms with Crippen molar-refractivity contribution >= 4 is 6.08 Å². The van der Waals surface area contributed by atoms with E-state index in [2.05, 4.69) is 23.5 Å². The molecular formula is C14H20N2O. The molecule has 3 heteroatoms. The molecule has 0 unspecified atom stereocenters. The lowest BCUT2D eigenvalue weighted by Gasteiger charge is -2.19. The number of rotatable bonds is 4. The van der Waals surface area contributed by atoms with E-state index in [4.69, 9.17) is 4.74 Å². The van der Waals surface area contributed by atoms with Crippen LogP contribution in [0.5, 0.6) is 5.88 Å². The molecule has 92 valence electrons. The molecule has 0 bridgehead atoms. The van der Waals surface area contributed by atoms with Crippen LogP contribution in [0.4, 0.5) is 0 Å². The van der Waals surface area contributed by atoms with Crippen LogP contribution in [-0.4, -0.2) is 36.1 Å². The Balaban J connectivity index is 1.96. The van der Waals surface area contributed by atoms with E-state index in [0.29, 0.717) is 11.9 Å². The molecule has 1 aliphatic heterocycles. The molecule has 3 nitrogen and oxygen atoms in total. The fraction of sp³-hybridized carbons (Fsp3) is 0.500. The van der Waals surface area contributed by atoms with E-state index in [1.807, 2.05) is 19.1 Å². The fourth-order valence-electron chi connectivity index (χ4n) is 2.18. The molecule has 2 heterocycles. The Morgan fingerprint density at radius 1 is 1.59 bits per heavy atom. The fourth-order valence-corrected chi connectivity index (χ4v) is 2.18. The standard InChI is InChI=1S/C14H20N2O/c1-4-13-11(2)7-8-14(15-13)17-10-12-6-5-9-16(12)3/h4,7-8,12H,1,5-6,9-10H2,2-3H3/t12-/m0/s1. The van der Waals surface area contributed by atoms with Gasteiger partial charge >= 0.3 is 0 Å². The molecule has 17 heavy (non-hydrogen) atoms. The van der Waals surface area contributed by atoms with Crippen molar-refractivity contribution < 1.29 is 4.74 Å². The molecular weight excluding hydrogens is 212 g/mol. The van der Waals surface area contributed by atoms with E-state index in [1.54, 1.807) is 6.08 Å². The predicted molar refractivity (Wildman–Crippen MR) is 70.2 cm³/mol. The molecule has 2 rings (SSSR count). The number of hydrogen-bond donors (Lipinski definition) is 0. The zero-order chi connectivity index (χ0) is 12.3. The van der Waals surface area contributed by atoms with Gasteiger partial charge in [-0.15, -0.1) is 0 Å². The second-order valence-electron chi connectivity index (χ2n) is 4.64. The first-order valence-corrected chi connectivity index (χ1v) is 6.14. The lowest BCUT2D eigenvalue weighted by Crippen LogP contribution is -2.30. The van der Waals surface area contributed by atoms with Crippen LogP contribution in [0.1, 0.15) is 24.1 Å². The van der Waals surface area contributed by atoms with Gasteiger partial charge in [0.2, 0.25) is 5.88 Å². The molecule has 1 aromatic rings. The third-order valence-electron chi connectivity index (χ3n) is 3.40. The maximum absolute atomic E-state index is 5.76. The Hall–Kier alpha value is -1.35. The highest BCUT2D eigenvalue weighted by Crippen LogP contribution is 2.17. The first-order valence-electron chi connectivity index (χ1n) is 6.14. The van der Waals surface area contributed by atoms with Crippen LogP contribution in [0, 0.1) is 6.92 Å². The minimum Gasteiger partial charge on any atom is -0.476 e. The van der Waals surface area contributed by atoms with E-state index >= 15 is 0 Å². The van der Waals surface area contributed by atoms with Crippen molar-refractivity contribution in [2.45, 2.75) is 25.8 Å². The van der Waals surface area contributed by atoms with Gasteiger partial charge in [-0.1, -0.05) is 12.6 Å². The average molecular weight is 232 g/mol. The topological polar surface area (TPSA) is 25.4 Å². The molecule has 0 amide bonds. The molecule has 1 aromatic heterocycles. The van der Waals surface area contributed by atoms with Crippen LogP contribution in [-0.2, 0) is 0 Å². The molecule has 0 aromatic carbocycles. The van der Waals surface area contributed by atoms with E-state index < -0.39 is 0 Å². The molecule has 0 saturated carbocycles. The van der Waals surface area contributed by atoms with E-state index in [0.717, 1.165) is 17.9 Å². The largest absolute Gasteiger partial charge is 0.476 e. The second kappa shape index (κ2) is 5.32. The summed E-state index contributed by atoms with van der Waals surface area (Å²) >= 11 is 0. The molecule has 0 spiro atoms. The summed E-state index contributed by atoms with van der Waals surface area (Å²) < 4.78 is 5.76. The molecule has 0 N–H and O–H groups in total. The predicted octanol–water partition coefficient (Wildman–Crippen LogP) is 2.51. The van der Waals surface area contributed by atoms with Crippen molar-refractivity contribution in [3.05, 3.63) is 30.0 Å². The number of likely N-dealkylation sites (N-methyl/N-ethyl adjacent to an activating group) is 1. The Morgan fingerprint density at radius 3 is 3.06 bits per heavy atom. The summed E-state index contributed by atoms with van der Waals surface area (Å²) in [5.41, 5.74) is 2.03. The van der Waals surface area contributed by atoms with Gasteiger partial charge in [0.05, 0.1) is 5.69 Å². The van der Waals surface area contributed by atoms with E-state index in [1.165, 1.54) is 19.4 Å². The van der Waals surface area contributed by atoms with Gasteiger partial charge in [0.15, 0.2) is 0 Å². The summed E-state index contributed by atoms with van der Waals surface area (Å²) in [5, 5.41) is 0. The van der Waals surface area contributed by atoms with Crippen molar-refractivity contribution in [3.8, 4) is 5.88 Å². The highest BCUT2D eigenvalue weighted by molar-refractivity contribution is 5.47. The van der Waals surface area contributed by atoms with Crippen LogP contribution in [0.3, 0.4) is 0 Å². The number of nitrogens with zero attached hydrogens (tertiary/aromatic N) is 2. The van der Waals surface area contributed by atoms with Crippen LogP contribution < -0.4 is 4.74 Å². The third-order valence-corrected chi connectivity index (χ3v) is 3.40. The van der Waals surface area contributed by atoms with Gasteiger partial charge in [0.1, 0.15) is 6.61 Å². The Labute approximate surface area is 103 Å². The van der Waals surface area contributed by atoms with Crippen molar-refractivity contribution in [1.82, 2.24) is 9.88 Å². The molecule has 1 fully saturated rings. The smallest absolute Gasteiger partial charge is 0.213 e. The highest BCUT2D eigenvalue weighted by atomic mass is 16.5. The Bertz CT molecular complexity index is 403. The number of ether oxygens (including phenoxy) is 1. The van der Waals surface area contributed by atoms with Gasteiger partial charge in [-0.2, -0.15) is 0 Å². The second-order valence-corrected chi connectivity index (χ2v) is 4.64. The summed E-state index contributed by atoms with van der Waals surface area (Å²) in [5.74, 6) is 0.700. The van der Waals surface area contributed by atoms with Crippen LogP contribution in [0.25, 0.3) is 6.08 Å². The molecule has 0 radical (unpaired) electrons. The Morgan fingerprint density at radius 2 is 2.41 bits per heavy atom. The summed E-state index contributed by atoms with van der Waals surface area (Å²) in [7, 11) is 2.15. The molecule has 1 atom stereocenters. The minimum atomic E-state index is 0.533. The number of pyridine rings is 1. The lowest BCUT2D eigenvalue weighted by atomic mass is 10.2. The molecule has 1 saturated heterocycles. The summed E-state index contributed by atoms with van der Waals surface area (Å²) in [6.45, 7) is 7.68. The maximum atomic E-state index is 5.76. The first-order chi connectivity index (χ1) is 8.20. The van der Waals surface area contributed by atoms with E-state index in [-0.39, 0.29) is 0 Å². The van der Waals surface area contributed by atoms with E-state index in [9.17, 15) is 0 Å². The van der Waals surface area contributed by atoms with Gasteiger partial charge in [-0.3, -0.25) is 0 Å². The zero-order valence-electron chi connectivity index (χ0n) is 10.6. The summed E-state index contributed by atoms with van der Waals surface area (Å²) in [4.78, 5) is 6.77. The van der Waals surface area contributed by atoms with Crippen LogP contribution in [0.15, 0.2) is 18.7 Å².